The van der Waals surface area contributed by atoms with Gasteiger partial charge < -0.3 is 19.1 Å². The van der Waals surface area contributed by atoms with Gasteiger partial charge in [-0.2, -0.15) is 0 Å². The lowest BCUT2D eigenvalue weighted by Gasteiger charge is -2.29. The van der Waals surface area contributed by atoms with Gasteiger partial charge in [0.15, 0.2) is 11.5 Å². The Balaban J connectivity index is 1.84. The van der Waals surface area contributed by atoms with Crippen LogP contribution in [0, 0.1) is 5.92 Å². The van der Waals surface area contributed by atoms with Crippen molar-refractivity contribution in [2.45, 2.75) is 19.8 Å². The molecule has 0 aliphatic carbocycles. The van der Waals surface area contributed by atoms with E-state index in [1.165, 1.54) is 4.90 Å². The van der Waals surface area contributed by atoms with E-state index in [0.29, 0.717) is 30.4 Å². The van der Waals surface area contributed by atoms with E-state index < -0.39 is 21.7 Å². The maximum absolute atomic E-state index is 13.1. The predicted octanol–water partition coefficient (Wildman–Crippen LogP) is 1.18. The highest BCUT2D eigenvalue weighted by molar-refractivity contribution is 7.91. The molecular formula is C18H23NO7S. The van der Waals surface area contributed by atoms with Crippen molar-refractivity contribution in [2.75, 3.05) is 42.8 Å². The fourth-order valence-corrected chi connectivity index (χ4v) is 4.68. The Bertz CT molecular complexity index is 807. The monoisotopic (exact) mass is 397 g/mol. The van der Waals surface area contributed by atoms with Gasteiger partial charge in [0, 0.05) is 17.7 Å². The lowest BCUT2D eigenvalue weighted by atomic mass is 10.0. The number of fused-ring (bicyclic) bond motifs is 1. The predicted molar refractivity (Wildman–Crippen MR) is 97.8 cm³/mol. The van der Waals surface area contributed by atoms with Crippen LogP contribution in [-0.2, 0) is 24.2 Å². The Morgan fingerprint density at radius 3 is 2.48 bits per heavy atom. The number of esters is 1. The smallest absolute Gasteiger partial charge is 0.326 e. The van der Waals surface area contributed by atoms with Crippen molar-refractivity contribution in [1.82, 2.24) is 0 Å². The number of ether oxygens (including phenoxy) is 3. The SMILES string of the molecule is CCOC(=O)CN(C(=O)C1CCS(=O)(=O)CC1)c1ccc2c(c1)OCCO2. The van der Waals surface area contributed by atoms with Crippen molar-refractivity contribution in [3.8, 4) is 11.5 Å². The second-order valence-electron chi connectivity index (χ2n) is 6.48. The Labute approximate surface area is 158 Å². The third kappa shape index (κ3) is 4.71. The van der Waals surface area contributed by atoms with E-state index in [-0.39, 0.29) is 43.4 Å². The average molecular weight is 397 g/mol. The first-order chi connectivity index (χ1) is 12.9. The van der Waals surface area contributed by atoms with E-state index in [9.17, 15) is 18.0 Å². The molecule has 1 saturated heterocycles. The fourth-order valence-electron chi connectivity index (χ4n) is 3.19. The summed E-state index contributed by atoms with van der Waals surface area (Å²) in [7, 11) is -3.08. The van der Waals surface area contributed by atoms with Crippen molar-refractivity contribution in [2.24, 2.45) is 5.92 Å². The van der Waals surface area contributed by atoms with Gasteiger partial charge in [-0.05, 0) is 31.9 Å². The molecule has 1 fully saturated rings. The third-order valence-corrected chi connectivity index (χ3v) is 6.32. The molecule has 148 valence electrons. The van der Waals surface area contributed by atoms with Gasteiger partial charge in [-0.3, -0.25) is 9.59 Å². The van der Waals surface area contributed by atoms with E-state index in [1.807, 2.05) is 0 Å². The fraction of sp³-hybridized carbons (Fsp3) is 0.556. The highest BCUT2D eigenvalue weighted by Gasteiger charge is 2.33. The molecule has 0 saturated carbocycles. The zero-order valence-corrected chi connectivity index (χ0v) is 16.0. The van der Waals surface area contributed by atoms with Crippen LogP contribution in [-0.4, -0.2) is 58.2 Å². The van der Waals surface area contributed by atoms with Gasteiger partial charge in [0.2, 0.25) is 5.91 Å². The lowest BCUT2D eigenvalue weighted by molar-refractivity contribution is -0.142. The lowest BCUT2D eigenvalue weighted by Crippen LogP contribution is -2.43. The summed E-state index contributed by atoms with van der Waals surface area (Å²) < 4.78 is 39.3. The number of benzene rings is 1. The molecule has 1 amide bonds. The molecule has 0 unspecified atom stereocenters. The molecule has 2 aliphatic heterocycles. The minimum absolute atomic E-state index is 0.0161. The molecule has 0 bridgehead atoms. The van der Waals surface area contributed by atoms with Crippen LogP contribution in [0.3, 0.4) is 0 Å². The molecule has 3 rings (SSSR count). The number of carbonyl (C=O) groups excluding carboxylic acids is 2. The average Bonchev–Trinajstić information content (AvgIpc) is 2.65. The number of hydrogen-bond donors (Lipinski definition) is 0. The zero-order valence-electron chi connectivity index (χ0n) is 15.2. The van der Waals surface area contributed by atoms with Crippen LogP contribution < -0.4 is 14.4 Å². The summed E-state index contributed by atoms with van der Waals surface area (Å²) in [4.78, 5) is 26.5. The first-order valence-electron chi connectivity index (χ1n) is 8.96. The topological polar surface area (TPSA) is 99.2 Å². The highest BCUT2D eigenvalue weighted by atomic mass is 32.2. The Hall–Kier alpha value is -2.29. The number of amides is 1. The first-order valence-corrected chi connectivity index (χ1v) is 10.8. The quantitative estimate of drug-likeness (QED) is 0.688. The second kappa shape index (κ2) is 8.16. The van der Waals surface area contributed by atoms with E-state index >= 15 is 0 Å². The third-order valence-electron chi connectivity index (χ3n) is 4.60. The van der Waals surface area contributed by atoms with Crippen molar-refractivity contribution in [3.05, 3.63) is 18.2 Å². The summed E-state index contributed by atoms with van der Waals surface area (Å²) in [5, 5.41) is 0. The van der Waals surface area contributed by atoms with Crippen molar-refractivity contribution in [1.29, 1.82) is 0 Å². The summed E-state index contributed by atoms with van der Waals surface area (Å²) >= 11 is 0. The summed E-state index contributed by atoms with van der Waals surface area (Å²) in [6.07, 6.45) is 0.510. The van der Waals surface area contributed by atoms with Crippen molar-refractivity contribution < 1.29 is 32.2 Å². The van der Waals surface area contributed by atoms with Crippen LogP contribution in [0.25, 0.3) is 0 Å². The molecule has 27 heavy (non-hydrogen) atoms. The Morgan fingerprint density at radius 2 is 1.81 bits per heavy atom. The molecule has 8 nitrogen and oxygen atoms in total. The molecule has 2 heterocycles. The van der Waals surface area contributed by atoms with Crippen LogP contribution >= 0.6 is 0 Å². The molecule has 9 heteroatoms. The zero-order chi connectivity index (χ0) is 19.4. The molecule has 0 N–H and O–H groups in total. The first kappa shape index (κ1) is 19.5. The van der Waals surface area contributed by atoms with Gasteiger partial charge in [-0.15, -0.1) is 0 Å². The summed E-state index contributed by atoms with van der Waals surface area (Å²) in [6, 6.07) is 5.04. The van der Waals surface area contributed by atoms with Crippen LogP contribution in [0.2, 0.25) is 0 Å². The number of rotatable bonds is 5. The Kier molecular flexibility index (Phi) is 5.88. The number of nitrogens with zero attached hydrogens (tertiary/aromatic N) is 1. The largest absolute Gasteiger partial charge is 0.486 e. The van der Waals surface area contributed by atoms with Crippen molar-refractivity contribution >= 4 is 27.4 Å². The number of sulfone groups is 1. The molecular weight excluding hydrogens is 374 g/mol. The van der Waals surface area contributed by atoms with E-state index in [2.05, 4.69) is 0 Å². The van der Waals surface area contributed by atoms with E-state index in [4.69, 9.17) is 14.2 Å². The maximum Gasteiger partial charge on any atom is 0.326 e. The van der Waals surface area contributed by atoms with Gasteiger partial charge in [0.05, 0.1) is 18.1 Å². The van der Waals surface area contributed by atoms with Gasteiger partial charge in [0.1, 0.15) is 29.6 Å². The van der Waals surface area contributed by atoms with Gasteiger partial charge in [0.25, 0.3) is 0 Å². The van der Waals surface area contributed by atoms with Crippen LogP contribution in [0.1, 0.15) is 19.8 Å². The molecule has 0 spiro atoms. The molecule has 0 aromatic heterocycles. The Morgan fingerprint density at radius 1 is 1.15 bits per heavy atom. The number of anilines is 1. The molecule has 1 aromatic rings. The van der Waals surface area contributed by atoms with Gasteiger partial charge in [-0.25, -0.2) is 8.42 Å². The van der Waals surface area contributed by atoms with Crippen LogP contribution in [0.15, 0.2) is 18.2 Å². The van der Waals surface area contributed by atoms with E-state index in [1.54, 1.807) is 25.1 Å². The highest BCUT2D eigenvalue weighted by Crippen LogP contribution is 2.35. The number of hydrogen-bond acceptors (Lipinski definition) is 7. The van der Waals surface area contributed by atoms with Crippen molar-refractivity contribution in [3.63, 3.8) is 0 Å². The van der Waals surface area contributed by atoms with Crippen LogP contribution in [0.5, 0.6) is 11.5 Å². The summed E-state index contributed by atoms with van der Waals surface area (Å²) in [5.41, 5.74) is 0.491. The second-order valence-corrected chi connectivity index (χ2v) is 8.79. The minimum atomic E-state index is -3.08. The summed E-state index contributed by atoms with van der Waals surface area (Å²) in [6.45, 7) is 2.52. The maximum atomic E-state index is 13.1. The molecule has 2 aliphatic rings. The number of carbonyl (C=O) groups is 2. The van der Waals surface area contributed by atoms with Crippen LogP contribution in [0.4, 0.5) is 5.69 Å². The molecule has 1 aromatic carbocycles. The molecule has 0 atom stereocenters. The molecule has 0 radical (unpaired) electrons. The van der Waals surface area contributed by atoms with Gasteiger partial charge >= 0.3 is 5.97 Å². The van der Waals surface area contributed by atoms with E-state index in [0.717, 1.165) is 0 Å². The normalized spacial score (nSPS) is 18.6. The van der Waals surface area contributed by atoms with Gasteiger partial charge in [-0.1, -0.05) is 0 Å². The standard InChI is InChI=1S/C18H23NO7S/c1-2-24-17(20)12-19(18(21)13-5-9-27(22,23)10-6-13)14-3-4-15-16(11-14)26-8-7-25-15/h3-4,11,13H,2,5-10,12H2,1H3. The summed E-state index contributed by atoms with van der Waals surface area (Å²) in [5.74, 6) is -0.200. The minimum Gasteiger partial charge on any atom is -0.486 e.